The number of carbonyl (C=O) groups is 1. The summed E-state index contributed by atoms with van der Waals surface area (Å²) < 4.78 is 10.2. The Balaban J connectivity index is 2.37. The number of carbonyl (C=O) groups excluding carboxylic acids is 1. The van der Waals surface area contributed by atoms with E-state index >= 15 is 0 Å². The van der Waals surface area contributed by atoms with E-state index in [9.17, 15) is 4.79 Å². The van der Waals surface area contributed by atoms with Gasteiger partial charge in [0.05, 0.1) is 19.8 Å². The van der Waals surface area contributed by atoms with Crippen LogP contribution in [0.1, 0.15) is 20.3 Å². The Morgan fingerprint density at radius 3 is 2.92 bits per heavy atom. The molecule has 4 heteroatoms. The summed E-state index contributed by atoms with van der Waals surface area (Å²) in [4.78, 5) is 11.3. The van der Waals surface area contributed by atoms with Gasteiger partial charge in [-0.15, -0.1) is 0 Å². The lowest BCUT2D eigenvalue weighted by molar-refractivity contribution is -0.149. The van der Waals surface area contributed by atoms with Crippen LogP contribution in [-0.4, -0.2) is 37.9 Å². The number of hydrogen-bond donors (Lipinski definition) is 1. The molecule has 1 fully saturated rings. The van der Waals surface area contributed by atoms with Gasteiger partial charge < -0.3 is 9.47 Å². The molecule has 0 aromatic carbocycles. The van der Waals surface area contributed by atoms with Crippen molar-refractivity contribution in [2.45, 2.75) is 32.4 Å². The Kier molecular flexibility index (Phi) is 4.18. The van der Waals surface area contributed by atoms with Crippen LogP contribution in [0.25, 0.3) is 0 Å². The fraction of sp³-hybridized carbons (Fsp3) is 0.889. The van der Waals surface area contributed by atoms with E-state index < -0.39 is 0 Å². The van der Waals surface area contributed by atoms with Crippen molar-refractivity contribution in [2.75, 3.05) is 19.8 Å². The molecule has 4 nitrogen and oxygen atoms in total. The third-order valence-corrected chi connectivity index (χ3v) is 2.10. The molecule has 0 spiro atoms. The summed E-state index contributed by atoms with van der Waals surface area (Å²) in [6, 6.07) is 0.00167. The minimum atomic E-state index is -0.279. The molecule has 2 atom stereocenters. The molecule has 1 heterocycles. The third-order valence-electron chi connectivity index (χ3n) is 2.10. The summed E-state index contributed by atoms with van der Waals surface area (Å²) in [6.45, 7) is 5.41. The Morgan fingerprint density at radius 1 is 1.54 bits per heavy atom. The minimum Gasteiger partial charge on any atom is -0.465 e. The zero-order valence-electron chi connectivity index (χ0n) is 8.21. The molecule has 0 unspecified atom stereocenters. The lowest BCUT2D eigenvalue weighted by atomic mass is 10.1. The first-order valence-electron chi connectivity index (χ1n) is 4.78. The summed E-state index contributed by atoms with van der Waals surface area (Å²) in [7, 11) is 0. The second-order valence-electron chi connectivity index (χ2n) is 3.11. The average molecular weight is 187 g/mol. The summed E-state index contributed by atoms with van der Waals surface area (Å²) >= 11 is 0. The molecule has 1 saturated heterocycles. The van der Waals surface area contributed by atoms with E-state index in [1.54, 1.807) is 6.92 Å². The van der Waals surface area contributed by atoms with Gasteiger partial charge in [-0.1, -0.05) is 6.92 Å². The largest absolute Gasteiger partial charge is 0.465 e. The highest BCUT2D eigenvalue weighted by Crippen LogP contribution is 2.04. The first-order valence-corrected chi connectivity index (χ1v) is 4.78. The molecule has 1 N–H and O–H groups in total. The summed E-state index contributed by atoms with van der Waals surface area (Å²) in [5.41, 5.74) is 0. The average Bonchev–Trinajstić information content (AvgIpc) is 2.18. The van der Waals surface area contributed by atoms with Crippen LogP contribution in [0.3, 0.4) is 0 Å². The van der Waals surface area contributed by atoms with E-state index in [2.05, 4.69) is 12.2 Å². The van der Waals surface area contributed by atoms with Crippen LogP contribution in [0, 0.1) is 0 Å². The van der Waals surface area contributed by atoms with E-state index in [1.165, 1.54) is 0 Å². The third kappa shape index (κ3) is 2.97. The zero-order chi connectivity index (χ0) is 9.68. The van der Waals surface area contributed by atoms with Gasteiger partial charge in [-0.2, -0.15) is 0 Å². The van der Waals surface area contributed by atoms with Crippen LogP contribution in [-0.2, 0) is 14.3 Å². The first kappa shape index (κ1) is 10.5. The van der Waals surface area contributed by atoms with E-state index in [0.29, 0.717) is 19.8 Å². The molecule has 76 valence electrons. The van der Waals surface area contributed by atoms with Crippen LogP contribution in [0.4, 0.5) is 0 Å². The number of morpholine rings is 1. The standard InChI is InChI=1S/C9H17NO3/c1-3-7-5-12-6-8(10-7)9(11)13-4-2/h7-8,10H,3-6H2,1-2H3/t7-,8-/m0/s1. The first-order chi connectivity index (χ1) is 6.27. The fourth-order valence-corrected chi connectivity index (χ4v) is 1.32. The molecule has 0 bridgehead atoms. The number of esters is 1. The van der Waals surface area contributed by atoms with Gasteiger partial charge in [-0.3, -0.25) is 10.1 Å². The molecule has 0 aromatic heterocycles. The van der Waals surface area contributed by atoms with Crippen molar-refractivity contribution in [1.29, 1.82) is 0 Å². The Hall–Kier alpha value is -0.610. The predicted octanol–water partition coefficient (Wildman–Crippen LogP) is 0.316. The van der Waals surface area contributed by atoms with Crippen LogP contribution in [0.15, 0.2) is 0 Å². The quantitative estimate of drug-likeness (QED) is 0.646. The molecule has 1 rings (SSSR count). The zero-order valence-corrected chi connectivity index (χ0v) is 8.21. The van der Waals surface area contributed by atoms with Gasteiger partial charge >= 0.3 is 5.97 Å². The lowest BCUT2D eigenvalue weighted by Gasteiger charge is -2.28. The molecule has 0 saturated carbocycles. The van der Waals surface area contributed by atoms with Gasteiger partial charge in [-0.25, -0.2) is 0 Å². The van der Waals surface area contributed by atoms with Crippen LogP contribution in [0.2, 0.25) is 0 Å². The van der Waals surface area contributed by atoms with E-state index in [1.807, 2.05) is 0 Å². The molecule has 1 aliphatic rings. The smallest absolute Gasteiger partial charge is 0.325 e. The summed E-state index contributed by atoms with van der Waals surface area (Å²) in [6.07, 6.45) is 0.968. The van der Waals surface area contributed by atoms with Gasteiger partial charge in [0.25, 0.3) is 0 Å². The van der Waals surface area contributed by atoms with Crippen LogP contribution in [0.5, 0.6) is 0 Å². The van der Waals surface area contributed by atoms with Crippen molar-refractivity contribution in [2.24, 2.45) is 0 Å². The second kappa shape index (κ2) is 5.19. The second-order valence-corrected chi connectivity index (χ2v) is 3.11. The molecule has 0 radical (unpaired) electrons. The highest BCUT2D eigenvalue weighted by atomic mass is 16.5. The Morgan fingerprint density at radius 2 is 2.31 bits per heavy atom. The fourth-order valence-electron chi connectivity index (χ4n) is 1.32. The molecule has 13 heavy (non-hydrogen) atoms. The minimum absolute atomic E-state index is 0.208. The maximum absolute atomic E-state index is 11.3. The topological polar surface area (TPSA) is 47.6 Å². The summed E-state index contributed by atoms with van der Waals surface area (Å²) in [5, 5.41) is 3.19. The number of ether oxygens (including phenoxy) is 2. The SMILES string of the molecule is CCOC(=O)[C@@H]1COC[C@H](CC)N1. The van der Waals surface area contributed by atoms with E-state index in [4.69, 9.17) is 9.47 Å². The Bertz CT molecular complexity index is 172. The molecule has 0 aliphatic carbocycles. The summed E-state index contributed by atoms with van der Waals surface area (Å²) in [5.74, 6) is -0.208. The van der Waals surface area contributed by atoms with Crippen molar-refractivity contribution in [3.05, 3.63) is 0 Å². The lowest BCUT2D eigenvalue weighted by Crippen LogP contribution is -2.52. The van der Waals surface area contributed by atoms with Crippen molar-refractivity contribution in [3.63, 3.8) is 0 Å². The number of rotatable bonds is 3. The predicted molar refractivity (Wildman–Crippen MR) is 48.5 cm³/mol. The Labute approximate surface area is 78.6 Å². The van der Waals surface area contributed by atoms with Gasteiger partial charge in [-0.05, 0) is 13.3 Å². The van der Waals surface area contributed by atoms with Gasteiger partial charge in [0, 0.05) is 6.04 Å². The molecular formula is C9H17NO3. The van der Waals surface area contributed by atoms with Gasteiger partial charge in [0.15, 0.2) is 0 Å². The molecular weight excluding hydrogens is 170 g/mol. The number of hydrogen-bond acceptors (Lipinski definition) is 4. The monoisotopic (exact) mass is 187 g/mol. The normalized spacial score (nSPS) is 28.5. The maximum atomic E-state index is 11.3. The highest BCUT2D eigenvalue weighted by Gasteiger charge is 2.26. The van der Waals surface area contributed by atoms with Crippen molar-refractivity contribution >= 4 is 5.97 Å². The van der Waals surface area contributed by atoms with Crippen molar-refractivity contribution < 1.29 is 14.3 Å². The van der Waals surface area contributed by atoms with Crippen LogP contribution >= 0.6 is 0 Å². The van der Waals surface area contributed by atoms with Crippen LogP contribution < -0.4 is 5.32 Å². The van der Waals surface area contributed by atoms with Crippen molar-refractivity contribution in [3.8, 4) is 0 Å². The highest BCUT2D eigenvalue weighted by molar-refractivity contribution is 5.76. The van der Waals surface area contributed by atoms with Gasteiger partial charge in [0.1, 0.15) is 6.04 Å². The molecule has 1 aliphatic heterocycles. The molecule has 0 aromatic rings. The number of nitrogens with one attached hydrogen (secondary N) is 1. The van der Waals surface area contributed by atoms with E-state index in [0.717, 1.165) is 6.42 Å². The van der Waals surface area contributed by atoms with Gasteiger partial charge in [0.2, 0.25) is 0 Å². The van der Waals surface area contributed by atoms with E-state index in [-0.39, 0.29) is 18.1 Å². The van der Waals surface area contributed by atoms with Crippen molar-refractivity contribution in [1.82, 2.24) is 5.32 Å². The molecule has 0 amide bonds. The maximum Gasteiger partial charge on any atom is 0.325 e.